The van der Waals surface area contributed by atoms with Crippen LogP contribution in [0.3, 0.4) is 0 Å². The maximum Gasteiger partial charge on any atom is 0.309 e. The van der Waals surface area contributed by atoms with Crippen LogP contribution in [0.15, 0.2) is 0 Å². The van der Waals surface area contributed by atoms with E-state index < -0.39 is 0 Å². The van der Waals surface area contributed by atoms with Crippen molar-refractivity contribution in [1.82, 2.24) is 0 Å². The predicted octanol–water partition coefficient (Wildman–Crippen LogP) is 1.51. The second-order valence-corrected chi connectivity index (χ2v) is 3.89. The molecule has 1 heterocycles. The van der Waals surface area contributed by atoms with E-state index in [0.29, 0.717) is 6.61 Å². The van der Waals surface area contributed by atoms with E-state index >= 15 is 0 Å². The minimum absolute atomic E-state index is 0.0123. The standard InChI is InChI=1S/C10H16O3/c11-10(8-3-1-4-8)13-7-9-5-2-6-12-9/h8-9H,1-7H2. The van der Waals surface area contributed by atoms with Crippen LogP contribution in [0.5, 0.6) is 0 Å². The molecule has 1 saturated heterocycles. The van der Waals surface area contributed by atoms with Gasteiger partial charge in [0.15, 0.2) is 0 Å². The monoisotopic (exact) mass is 184 g/mol. The molecule has 0 aromatic heterocycles. The molecule has 0 aromatic rings. The van der Waals surface area contributed by atoms with Crippen molar-refractivity contribution in [1.29, 1.82) is 0 Å². The van der Waals surface area contributed by atoms with Gasteiger partial charge in [-0.05, 0) is 25.7 Å². The summed E-state index contributed by atoms with van der Waals surface area (Å²) in [6.07, 6.45) is 5.53. The van der Waals surface area contributed by atoms with Gasteiger partial charge in [0.05, 0.1) is 12.0 Å². The molecule has 74 valence electrons. The van der Waals surface area contributed by atoms with E-state index in [1.807, 2.05) is 0 Å². The predicted molar refractivity (Wildman–Crippen MR) is 47.3 cm³/mol. The highest BCUT2D eigenvalue weighted by atomic mass is 16.6. The summed E-state index contributed by atoms with van der Waals surface area (Å²) in [6.45, 7) is 1.29. The maximum absolute atomic E-state index is 11.3. The van der Waals surface area contributed by atoms with E-state index in [1.165, 1.54) is 6.42 Å². The van der Waals surface area contributed by atoms with Crippen LogP contribution in [0.2, 0.25) is 0 Å². The first-order chi connectivity index (χ1) is 6.36. The molecule has 2 fully saturated rings. The Balaban J connectivity index is 1.63. The number of esters is 1. The molecule has 0 radical (unpaired) electrons. The van der Waals surface area contributed by atoms with Crippen molar-refractivity contribution >= 4 is 5.97 Å². The summed E-state index contributed by atoms with van der Waals surface area (Å²) in [5, 5.41) is 0. The molecule has 0 N–H and O–H groups in total. The first-order valence-corrected chi connectivity index (χ1v) is 5.14. The molecule has 1 aliphatic heterocycles. The maximum atomic E-state index is 11.3. The van der Waals surface area contributed by atoms with Gasteiger partial charge >= 0.3 is 5.97 Å². The fraction of sp³-hybridized carbons (Fsp3) is 0.900. The topological polar surface area (TPSA) is 35.5 Å². The third-order valence-corrected chi connectivity index (χ3v) is 2.87. The van der Waals surface area contributed by atoms with E-state index in [0.717, 1.165) is 32.3 Å². The van der Waals surface area contributed by atoms with Crippen molar-refractivity contribution in [2.75, 3.05) is 13.2 Å². The molecular formula is C10H16O3. The minimum Gasteiger partial charge on any atom is -0.463 e. The van der Waals surface area contributed by atoms with Crippen LogP contribution in [0.1, 0.15) is 32.1 Å². The SMILES string of the molecule is O=C(OCC1CCCO1)C1CCC1. The molecule has 1 aliphatic carbocycles. The zero-order chi connectivity index (χ0) is 9.10. The van der Waals surface area contributed by atoms with Gasteiger partial charge in [0, 0.05) is 6.61 Å². The summed E-state index contributed by atoms with van der Waals surface area (Å²) in [6, 6.07) is 0. The Morgan fingerprint density at radius 3 is 2.69 bits per heavy atom. The van der Waals surface area contributed by atoms with Crippen LogP contribution in [0.25, 0.3) is 0 Å². The van der Waals surface area contributed by atoms with Crippen molar-refractivity contribution in [2.45, 2.75) is 38.2 Å². The normalized spacial score (nSPS) is 28.5. The minimum atomic E-state index is -0.0123. The highest BCUT2D eigenvalue weighted by Gasteiger charge is 2.27. The van der Waals surface area contributed by atoms with E-state index in [4.69, 9.17) is 9.47 Å². The second kappa shape index (κ2) is 4.09. The fourth-order valence-electron chi connectivity index (χ4n) is 1.71. The van der Waals surface area contributed by atoms with Crippen molar-refractivity contribution < 1.29 is 14.3 Å². The van der Waals surface area contributed by atoms with Crippen LogP contribution in [-0.4, -0.2) is 25.3 Å². The third kappa shape index (κ3) is 2.21. The summed E-state index contributed by atoms with van der Waals surface area (Å²) < 4.78 is 10.5. The van der Waals surface area contributed by atoms with Gasteiger partial charge in [0.1, 0.15) is 6.61 Å². The summed E-state index contributed by atoms with van der Waals surface area (Å²) >= 11 is 0. The molecule has 0 spiro atoms. The van der Waals surface area contributed by atoms with Gasteiger partial charge in [0.25, 0.3) is 0 Å². The summed E-state index contributed by atoms with van der Waals surface area (Å²) in [5.41, 5.74) is 0. The molecular weight excluding hydrogens is 168 g/mol. The molecule has 1 unspecified atom stereocenters. The smallest absolute Gasteiger partial charge is 0.309 e. The van der Waals surface area contributed by atoms with Crippen LogP contribution >= 0.6 is 0 Å². The molecule has 13 heavy (non-hydrogen) atoms. The highest BCUT2D eigenvalue weighted by Crippen LogP contribution is 2.27. The summed E-state index contributed by atoms with van der Waals surface area (Å²) in [4.78, 5) is 11.3. The number of carbonyl (C=O) groups excluding carboxylic acids is 1. The second-order valence-electron chi connectivity index (χ2n) is 3.89. The Bertz CT molecular complexity index is 181. The van der Waals surface area contributed by atoms with Gasteiger partial charge in [-0.15, -0.1) is 0 Å². The lowest BCUT2D eigenvalue weighted by Crippen LogP contribution is -2.27. The molecule has 0 amide bonds. The highest BCUT2D eigenvalue weighted by molar-refractivity contribution is 5.73. The number of hydrogen-bond donors (Lipinski definition) is 0. The summed E-state index contributed by atoms with van der Waals surface area (Å²) in [5.74, 6) is 0.183. The first-order valence-electron chi connectivity index (χ1n) is 5.14. The molecule has 3 nitrogen and oxygen atoms in total. The molecule has 3 heteroatoms. The number of rotatable bonds is 3. The van der Waals surface area contributed by atoms with Gasteiger partial charge in [0.2, 0.25) is 0 Å². The fourth-order valence-corrected chi connectivity index (χ4v) is 1.71. The quantitative estimate of drug-likeness (QED) is 0.624. The molecule has 1 atom stereocenters. The Kier molecular flexibility index (Phi) is 2.83. The van der Waals surface area contributed by atoms with E-state index in [9.17, 15) is 4.79 Å². The van der Waals surface area contributed by atoms with Crippen LogP contribution in [0, 0.1) is 5.92 Å². The van der Waals surface area contributed by atoms with Gasteiger partial charge in [-0.1, -0.05) is 6.42 Å². The van der Waals surface area contributed by atoms with Crippen molar-refractivity contribution in [2.24, 2.45) is 5.92 Å². The third-order valence-electron chi connectivity index (χ3n) is 2.87. The summed E-state index contributed by atoms with van der Waals surface area (Å²) in [7, 11) is 0. The van der Waals surface area contributed by atoms with E-state index in [2.05, 4.69) is 0 Å². The lowest BCUT2D eigenvalue weighted by molar-refractivity contribution is -0.154. The zero-order valence-corrected chi connectivity index (χ0v) is 7.83. The van der Waals surface area contributed by atoms with Crippen LogP contribution in [0.4, 0.5) is 0 Å². The Morgan fingerprint density at radius 2 is 2.15 bits per heavy atom. The van der Waals surface area contributed by atoms with Crippen molar-refractivity contribution in [3.05, 3.63) is 0 Å². The molecule has 0 aromatic carbocycles. The van der Waals surface area contributed by atoms with Gasteiger partial charge in [-0.25, -0.2) is 0 Å². The van der Waals surface area contributed by atoms with Crippen LogP contribution in [-0.2, 0) is 14.3 Å². The Morgan fingerprint density at radius 1 is 1.31 bits per heavy atom. The van der Waals surface area contributed by atoms with Gasteiger partial charge in [-0.2, -0.15) is 0 Å². The molecule has 2 rings (SSSR count). The number of carbonyl (C=O) groups is 1. The molecule has 1 saturated carbocycles. The van der Waals surface area contributed by atoms with E-state index in [-0.39, 0.29) is 18.0 Å². The average Bonchev–Trinajstić information content (AvgIpc) is 2.49. The van der Waals surface area contributed by atoms with Gasteiger partial charge in [-0.3, -0.25) is 4.79 Å². The van der Waals surface area contributed by atoms with Crippen molar-refractivity contribution in [3.8, 4) is 0 Å². The number of hydrogen-bond acceptors (Lipinski definition) is 3. The first kappa shape index (κ1) is 9.00. The lowest BCUT2D eigenvalue weighted by atomic mass is 9.86. The number of ether oxygens (including phenoxy) is 2. The average molecular weight is 184 g/mol. The van der Waals surface area contributed by atoms with Gasteiger partial charge < -0.3 is 9.47 Å². The molecule has 0 bridgehead atoms. The van der Waals surface area contributed by atoms with Crippen molar-refractivity contribution in [3.63, 3.8) is 0 Å². The van der Waals surface area contributed by atoms with E-state index in [1.54, 1.807) is 0 Å². The van der Waals surface area contributed by atoms with Crippen LogP contribution < -0.4 is 0 Å². The molecule has 2 aliphatic rings. The lowest BCUT2D eigenvalue weighted by Gasteiger charge is -2.23. The Hall–Kier alpha value is -0.570. The largest absolute Gasteiger partial charge is 0.463 e. The zero-order valence-electron chi connectivity index (χ0n) is 7.83. The Labute approximate surface area is 78.4 Å².